The summed E-state index contributed by atoms with van der Waals surface area (Å²) in [7, 11) is 0. The van der Waals surface area contributed by atoms with Crippen LogP contribution in [-0.4, -0.2) is 56.9 Å². The van der Waals surface area contributed by atoms with E-state index in [1.54, 1.807) is 15.3 Å². The van der Waals surface area contributed by atoms with Gasteiger partial charge in [0.05, 0.1) is 29.8 Å². The maximum atomic E-state index is 13.1. The zero-order valence-electron chi connectivity index (χ0n) is 17.4. The summed E-state index contributed by atoms with van der Waals surface area (Å²) in [5, 5.41) is 6.06. The number of fused-ring (bicyclic) bond motifs is 3. The summed E-state index contributed by atoms with van der Waals surface area (Å²) in [5.74, 6) is 0. The van der Waals surface area contributed by atoms with Gasteiger partial charge >= 0.3 is 0 Å². The van der Waals surface area contributed by atoms with Crippen LogP contribution in [0.1, 0.15) is 12.6 Å². The average Bonchev–Trinajstić information content (AvgIpc) is 3.19. The number of pyridine rings is 1. The van der Waals surface area contributed by atoms with Crippen LogP contribution in [0, 0.1) is 0 Å². The summed E-state index contributed by atoms with van der Waals surface area (Å²) in [6, 6.07) is 9.66. The highest BCUT2D eigenvalue weighted by Crippen LogP contribution is 2.30. The maximum Gasteiger partial charge on any atom is 0.261 e. The van der Waals surface area contributed by atoms with Crippen LogP contribution in [0.5, 0.6) is 0 Å². The lowest BCUT2D eigenvalue weighted by molar-refractivity contribution is 0.0363. The third-order valence-corrected chi connectivity index (χ3v) is 6.14. The Morgan fingerprint density at radius 3 is 2.61 bits per heavy atom. The van der Waals surface area contributed by atoms with Gasteiger partial charge in [0.15, 0.2) is 5.65 Å². The molecule has 7 nitrogen and oxygen atoms in total. The van der Waals surface area contributed by atoms with Crippen LogP contribution in [0.4, 0.5) is 0 Å². The van der Waals surface area contributed by atoms with Crippen molar-refractivity contribution in [2.45, 2.75) is 19.9 Å². The molecule has 0 amide bonds. The van der Waals surface area contributed by atoms with E-state index < -0.39 is 0 Å². The maximum absolute atomic E-state index is 13.1. The third-order valence-electron chi connectivity index (χ3n) is 5.89. The highest BCUT2D eigenvalue weighted by atomic mass is 35.5. The molecule has 0 unspecified atom stereocenters. The number of halogens is 1. The number of aromatic nitrogens is 4. The predicted molar refractivity (Wildman–Crippen MR) is 122 cm³/mol. The van der Waals surface area contributed by atoms with Gasteiger partial charge in [-0.25, -0.2) is 9.50 Å². The molecule has 1 fully saturated rings. The average molecular weight is 438 g/mol. The number of benzene rings is 1. The molecule has 4 heterocycles. The fourth-order valence-electron chi connectivity index (χ4n) is 4.16. The highest BCUT2D eigenvalue weighted by molar-refractivity contribution is 6.30. The van der Waals surface area contributed by atoms with Gasteiger partial charge in [-0.05, 0) is 30.2 Å². The Morgan fingerprint density at radius 2 is 1.87 bits per heavy atom. The summed E-state index contributed by atoms with van der Waals surface area (Å²) in [6.07, 6.45) is 4.30. The molecule has 1 saturated heterocycles. The Bertz CT molecular complexity index is 1290. The van der Waals surface area contributed by atoms with E-state index in [-0.39, 0.29) is 5.56 Å². The Kier molecular flexibility index (Phi) is 5.48. The topological polar surface area (TPSA) is 64.7 Å². The van der Waals surface area contributed by atoms with Crippen LogP contribution >= 0.6 is 11.6 Å². The van der Waals surface area contributed by atoms with Crippen molar-refractivity contribution in [1.82, 2.24) is 24.1 Å². The minimum atomic E-state index is -0.0400. The van der Waals surface area contributed by atoms with E-state index in [0.717, 1.165) is 67.3 Å². The minimum Gasteiger partial charge on any atom is -0.379 e. The molecule has 8 heteroatoms. The molecule has 0 N–H and O–H groups in total. The lowest BCUT2D eigenvalue weighted by Gasteiger charge is -2.26. The molecular weight excluding hydrogens is 414 g/mol. The summed E-state index contributed by atoms with van der Waals surface area (Å²) in [5.41, 5.74) is 4.42. The van der Waals surface area contributed by atoms with Gasteiger partial charge in [0.25, 0.3) is 5.56 Å². The SMILES string of the molecule is CCc1nn2c(ncc3c(=O)n(CCN4CCOCC4)ccc32)c1-c1ccc(Cl)cc1. The van der Waals surface area contributed by atoms with Gasteiger partial charge in [0.2, 0.25) is 0 Å². The third kappa shape index (κ3) is 3.73. The Labute approximate surface area is 184 Å². The van der Waals surface area contributed by atoms with Crippen LogP contribution in [0.15, 0.2) is 47.5 Å². The number of hydrogen-bond acceptors (Lipinski definition) is 5. The van der Waals surface area contributed by atoms with E-state index in [0.29, 0.717) is 17.0 Å². The zero-order valence-corrected chi connectivity index (χ0v) is 18.2. The number of ether oxygens (including phenoxy) is 1. The number of rotatable bonds is 5. The second-order valence-corrected chi connectivity index (χ2v) is 8.18. The van der Waals surface area contributed by atoms with Crippen molar-refractivity contribution in [2.75, 3.05) is 32.8 Å². The van der Waals surface area contributed by atoms with E-state index in [1.165, 1.54) is 0 Å². The van der Waals surface area contributed by atoms with Crippen molar-refractivity contribution in [3.05, 3.63) is 63.8 Å². The smallest absolute Gasteiger partial charge is 0.261 e. The van der Waals surface area contributed by atoms with Gasteiger partial charge in [-0.2, -0.15) is 5.10 Å². The van der Waals surface area contributed by atoms with Gasteiger partial charge in [0, 0.05) is 49.2 Å². The molecule has 0 radical (unpaired) electrons. The highest BCUT2D eigenvalue weighted by Gasteiger charge is 2.18. The van der Waals surface area contributed by atoms with Crippen molar-refractivity contribution in [2.24, 2.45) is 0 Å². The zero-order chi connectivity index (χ0) is 21.4. The normalized spacial score (nSPS) is 15.2. The first kappa shape index (κ1) is 20.2. The largest absolute Gasteiger partial charge is 0.379 e. The van der Waals surface area contributed by atoms with Crippen molar-refractivity contribution in [3.8, 4) is 11.1 Å². The van der Waals surface area contributed by atoms with E-state index >= 15 is 0 Å². The standard InChI is InChI=1S/C23H24ClN5O2/c1-2-19-21(16-3-5-17(24)6-4-16)22-25-15-18-20(29(22)26-19)7-8-28(23(18)30)10-9-27-11-13-31-14-12-27/h3-8,15H,2,9-14H2,1H3. The Morgan fingerprint density at radius 1 is 1.10 bits per heavy atom. The van der Waals surface area contributed by atoms with Crippen molar-refractivity contribution < 1.29 is 4.74 Å². The Hall–Kier alpha value is -2.74. The molecule has 1 aliphatic rings. The summed E-state index contributed by atoms with van der Waals surface area (Å²) in [4.78, 5) is 20.1. The monoisotopic (exact) mass is 437 g/mol. The predicted octanol–water partition coefficient (Wildman–Crippen LogP) is 3.26. The molecular formula is C23H24ClN5O2. The molecule has 0 saturated carbocycles. The second kappa shape index (κ2) is 8.42. The summed E-state index contributed by atoms with van der Waals surface area (Å²) in [6.45, 7) is 6.86. The molecule has 5 rings (SSSR count). The first-order chi connectivity index (χ1) is 15.2. The van der Waals surface area contributed by atoms with Crippen LogP contribution in [-0.2, 0) is 17.7 Å². The van der Waals surface area contributed by atoms with E-state index in [2.05, 4.69) is 16.8 Å². The minimum absolute atomic E-state index is 0.0400. The molecule has 0 atom stereocenters. The van der Waals surface area contributed by atoms with Crippen LogP contribution in [0.2, 0.25) is 5.02 Å². The van der Waals surface area contributed by atoms with Gasteiger partial charge in [-0.3, -0.25) is 9.69 Å². The Balaban J connectivity index is 1.56. The number of morpholine rings is 1. The number of aryl methyl sites for hydroxylation is 1. The van der Waals surface area contributed by atoms with Gasteiger partial charge in [-0.15, -0.1) is 0 Å². The second-order valence-electron chi connectivity index (χ2n) is 7.74. The van der Waals surface area contributed by atoms with Crippen molar-refractivity contribution in [3.63, 3.8) is 0 Å². The van der Waals surface area contributed by atoms with E-state index in [1.807, 2.05) is 36.5 Å². The van der Waals surface area contributed by atoms with Crippen molar-refractivity contribution >= 4 is 28.2 Å². The molecule has 160 valence electrons. The van der Waals surface area contributed by atoms with E-state index in [4.69, 9.17) is 21.4 Å². The molecule has 0 aliphatic carbocycles. The van der Waals surface area contributed by atoms with Crippen LogP contribution < -0.4 is 5.56 Å². The molecule has 31 heavy (non-hydrogen) atoms. The van der Waals surface area contributed by atoms with Crippen LogP contribution in [0.25, 0.3) is 27.7 Å². The molecule has 4 aromatic rings. The lowest BCUT2D eigenvalue weighted by Crippen LogP contribution is -2.39. The van der Waals surface area contributed by atoms with E-state index in [9.17, 15) is 4.79 Å². The first-order valence-electron chi connectivity index (χ1n) is 10.6. The molecule has 1 aliphatic heterocycles. The molecule has 0 bridgehead atoms. The summed E-state index contributed by atoms with van der Waals surface area (Å²) >= 11 is 6.07. The fourth-order valence-corrected chi connectivity index (χ4v) is 4.29. The molecule has 0 spiro atoms. The lowest BCUT2D eigenvalue weighted by atomic mass is 10.0. The van der Waals surface area contributed by atoms with Gasteiger partial charge in [-0.1, -0.05) is 30.7 Å². The molecule has 3 aromatic heterocycles. The summed E-state index contributed by atoms with van der Waals surface area (Å²) < 4.78 is 8.95. The van der Waals surface area contributed by atoms with Crippen LogP contribution in [0.3, 0.4) is 0 Å². The number of hydrogen-bond donors (Lipinski definition) is 0. The molecule has 1 aromatic carbocycles. The first-order valence-corrected chi connectivity index (χ1v) is 11.0. The van der Waals surface area contributed by atoms with Gasteiger partial charge in [0.1, 0.15) is 0 Å². The fraction of sp³-hybridized carbons (Fsp3) is 0.348. The quantitative estimate of drug-likeness (QED) is 0.479. The number of nitrogens with zero attached hydrogens (tertiary/aromatic N) is 5. The van der Waals surface area contributed by atoms with Crippen molar-refractivity contribution in [1.29, 1.82) is 0 Å². The van der Waals surface area contributed by atoms with Gasteiger partial charge < -0.3 is 9.30 Å².